The van der Waals surface area contributed by atoms with Crippen molar-refractivity contribution in [3.8, 4) is 5.75 Å². The zero-order chi connectivity index (χ0) is 15.6. The first-order chi connectivity index (χ1) is 9.93. The summed E-state index contributed by atoms with van der Waals surface area (Å²) in [4.78, 5) is 0. The zero-order valence-electron chi connectivity index (χ0n) is 12.2. The van der Waals surface area contributed by atoms with E-state index in [0.29, 0.717) is 17.3 Å². The molecule has 0 unspecified atom stereocenters. The molecule has 4 nitrogen and oxygen atoms in total. The minimum Gasteiger partial charge on any atom is -0.487 e. The number of aryl methyl sites for hydroxylation is 2. The number of aromatic nitrogens is 2. The molecule has 6 heteroatoms. The van der Waals surface area contributed by atoms with Crippen molar-refractivity contribution in [1.29, 1.82) is 0 Å². The molecule has 0 amide bonds. The van der Waals surface area contributed by atoms with Gasteiger partial charge in [-0.1, -0.05) is 11.6 Å². The first-order valence-corrected chi connectivity index (χ1v) is 7.14. The van der Waals surface area contributed by atoms with Crippen LogP contribution in [0.25, 0.3) is 0 Å². The second-order valence-electron chi connectivity index (χ2n) is 4.81. The van der Waals surface area contributed by atoms with Crippen molar-refractivity contribution in [3.05, 3.63) is 46.0 Å². The van der Waals surface area contributed by atoms with Crippen LogP contribution in [0.2, 0.25) is 5.02 Å². The molecular formula is C15H18ClFN2O2. The van der Waals surface area contributed by atoms with Crippen LogP contribution >= 0.6 is 11.6 Å². The smallest absolute Gasteiger partial charge is 0.132 e. The Morgan fingerprint density at radius 3 is 2.76 bits per heavy atom. The summed E-state index contributed by atoms with van der Waals surface area (Å²) in [6.07, 6.45) is -0.849. The fourth-order valence-corrected chi connectivity index (χ4v) is 2.28. The Balaban J connectivity index is 2.15. The molecule has 114 valence electrons. The molecule has 21 heavy (non-hydrogen) atoms. The van der Waals surface area contributed by atoms with Crippen LogP contribution in [0.15, 0.2) is 18.2 Å². The average molecular weight is 313 g/mol. The molecule has 1 aromatic heterocycles. The lowest BCUT2D eigenvalue weighted by Crippen LogP contribution is -2.07. The highest BCUT2D eigenvalue weighted by Crippen LogP contribution is 2.25. The highest BCUT2D eigenvalue weighted by atomic mass is 35.5. The SMILES string of the molecule is CCn1nc(C)c(Cl)c1COc1ccc([C@@H](C)O)c(F)c1. The lowest BCUT2D eigenvalue weighted by molar-refractivity contribution is 0.193. The zero-order valence-corrected chi connectivity index (χ0v) is 13.0. The van der Waals surface area contributed by atoms with Crippen LogP contribution in [0.3, 0.4) is 0 Å². The van der Waals surface area contributed by atoms with E-state index in [2.05, 4.69) is 5.10 Å². The molecule has 0 saturated heterocycles. The molecule has 0 saturated carbocycles. The molecule has 1 N–H and O–H groups in total. The summed E-state index contributed by atoms with van der Waals surface area (Å²) < 4.78 is 21.1. The van der Waals surface area contributed by atoms with Crippen molar-refractivity contribution in [2.24, 2.45) is 0 Å². The van der Waals surface area contributed by atoms with Crippen molar-refractivity contribution in [2.75, 3.05) is 0 Å². The summed E-state index contributed by atoms with van der Waals surface area (Å²) in [5.41, 5.74) is 1.75. The second kappa shape index (κ2) is 6.45. The molecule has 2 rings (SSSR count). The third-order valence-corrected chi connectivity index (χ3v) is 3.74. The Bertz CT molecular complexity index is 641. The maximum Gasteiger partial charge on any atom is 0.132 e. The van der Waals surface area contributed by atoms with E-state index >= 15 is 0 Å². The van der Waals surface area contributed by atoms with Gasteiger partial charge in [0.05, 0.1) is 22.5 Å². The van der Waals surface area contributed by atoms with E-state index in [-0.39, 0.29) is 12.2 Å². The molecule has 1 aromatic carbocycles. The quantitative estimate of drug-likeness (QED) is 0.917. The third kappa shape index (κ3) is 3.36. The van der Waals surface area contributed by atoms with Crippen LogP contribution in [0.4, 0.5) is 4.39 Å². The number of aliphatic hydroxyl groups is 1. The Morgan fingerprint density at radius 1 is 1.48 bits per heavy atom. The molecule has 0 aliphatic heterocycles. The summed E-state index contributed by atoms with van der Waals surface area (Å²) in [6, 6.07) is 4.40. The van der Waals surface area contributed by atoms with Gasteiger partial charge in [0.2, 0.25) is 0 Å². The van der Waals surface area contributed by atoms with E-state index in [1.54, 1.807) is 10.7 Å². The van der Waals surface area contributed by atoms with Crippen LogP contribution in [0.5, 0.6) is 5.75 Å². The number of hydrogen-bond acceptors (Lipinski definition) is 3. The predicted octanol–water partition coefficient (Wildman–Crippen LogP) is 3.64. The second-order valence-corrected chi connectivity index (χ2v) is 5.19. The summed E-state index contributed by atoms with van der Waals surface area (Å²) in [6.45, 7) is 6.20. The van der Waals surface area contributed by atoms with Gasteiger partial charge in [-0.05, 0) is 32.9 Å². The number of nitrogens with zero attached hydrogens (tertiary/aromatic N) is 2. The predicted molar refractivity (Wildman–Crippen MR) is 79.0 cm³/mol. The normalized spacial score (nSPS) is 12.5. The van der Waals surface area contributed by atoms with E-state index in [1.165, 1.54) is 19.1 Å². The number of aliphatic hydroxyl groups excluding tert-OH is 1. The summed E-state index contributed by atoms with van der Waals surface area (Å²) in [5, 5.41) is 14.3. The first-order valence-electron chi connectivity index (χ1n) is 6.76. The van der Waals surface area contributed by atoms with Gasteiger partial charge in [0.15, 0.2) is 0 Å². The molecule has 0 aliphatic carbocycles. The molecule has 2 aromatic rings. The monoisotopic (exact) mass is 312 g/mol. The number of halogens is 2. The van der Waals surface area contributed by atoms with Crippen molar-refractivity contribution in [2.45, 2.75) is 40.0 Å². The van der Waals surface area contributed by atoms with Gasteiger partial charge in [-0.3, -0.25) is 4.68 Å². The number of hydrogen-bond donors (Lipinski definition) is 1. The van der Waals surface area contributed by atoms with Crippen LogP contribution in [0.1, 0.15) is 36.9 Å². The van der Waals surface area contributed by atoms with Crippen LogP contribution < -0.4 is 4.74 Å². The maximum absolute atomic E-state index is 13.8. The fourth-order valence-electron chi connectivity index (χ4n) is 2.10. The van der Waals surface area contributed by atoms with Gasteiger partial charge in [0, 0.05) is 18.2 Å². The van der Waals surface area contributed by atoms with Gasteiger partial charge in [0.25, 0.3) is 0 Å². The molecule has 1 atom stereocenters. The minimum absolute atomic E-state index is 0.209. The molecule has 0 fully saturated rings. The van der Waals surface area contributed by atoms with Gasteiger partial charge in [-0.2, -0.15) is 5.10 Å². The fraction of sp³-hybridized carbons (Fsp3) is 0.400. The van der Waals surface area contributed by atoms with Gasteiger partial charge in [0.1, 0.15) is 18.2 Å². The summed E-state index contributed by atoms with van der Waals surface area (Å²) in [7, 11) is 0. The van der Waals surface area contributed by atoms with E-state index in [1.807, 2.05) is 13.8 Å². The molecule has 0 aliphatic rings. The molecule has 0 bridgehead atoms. The van der Waals surface area contributed by atoms with Crippen molar-refractivity contribution >= 4 is 11.6 Å². The molecule has 0 spiro atoms. The Morgan fingerprint density at radius 2 is 2.19 bits per heavy atom. The van der Waals surface area contributed by atoms with Gasteiger partial charge in [-0.15, -0.1) is 0 Å². The van der Waals surface area contributed by atoms with E-state index < -0.39 is 11.9 Å². The van der Waals surface area contributed by atoms with Crippen molar-refractivity contribution in [3.63, 3.8) is 0 Å². The largest absolute Gasteiger partial charge is 0.487 e. The maximum atomic E-state index is 13.8. The third-order valence-electron chi connectivity index (χ3n) is 3.25. The first kappa shape index (κ1) is 15.8. The Kier molecular flexibility index (Phi) is 4.85. The molecule has 0 radical (unpaired) electrons. The van der Waals surface area contributed by atoms with Gasteiger partial charge >= 0.3 is 0 Å². The number of benzene rings is 1. The van der Waals surface area contributed by atoms with E-state index in [4.69, 9.17) is 16.3 Å². The number of ether oxygens (including phenoxy) is 1. The Labute approximate surface area is 128 Å². The van der Waals surface area contributed by atoms with E-state index in [9.17, 15) is 9.50 Å². The van der Waals surface area contributed by atoms with Crippen molar-refractivity contribution in [1.82, 2.24) is 9.78 Å². The summed E-state index contributed by atoms with van der Waals surface area (Å²) >= 11 is 6.19. The number of rotatable bonds is 5. The van der Waals surface area contributed by atoms with Crippen LogP contribution in [-0.4, -0.2) is 14.9 Å². The lowest BCUT2D eigenvalue weighted by atomic mass is 10.1. The van der Waals surface area contributed by atoms with Crippen molar-refractivity contribution < 1.29 is 14.2 Å². The Hall–Kier alpha value is -1.59. The molecule has 1 heterocycles. The van der Waals surface area contributed by atoms with Gasteiger partial charge in [-0.25, -0.2) is 4.39 Å². The van der Waals surface area contributed by atoms with Crippen LogP contribution in [-0.2, 0) is 13.2 Å². The van der Waals surface area contributed by atoms with Crippen LogP contribution in [0, 0.1) is 12.7 Å². The minimum atomic E-state index is -0.849. The topological polar surface area (TPSA) is 47.3 Å². The summed E-state index contributed by atoms with van der Waals surface area (Å²) in [5.74, 6) is -0.108. The lowest BCUT2D eigenvalue weighted by Gasteiger charge is -2.11. The highest BCUT2D eigenvalue weighted by Gasteiger charge is 2.14. The average Bonchev–Trinajstić information content (AvgIpc) is 2.71. The molecular weight excluding hydrogens is 295 g/mol. The standard InChI is InChI=1S/C15H18ClFN2O2/c1-4-19-14(15(16)9(2)18-19)8-21-11-5-6-12(10(3)20)13(17)7-11/h5-7,10,20H,4,8H2,1-3H3/t10-/m1/s1. The van der Waals surface area contributed by atoms with Gasteiger partial charge < -0.3 is 9.84 Å². The highest BCUT2D eigenvalue weighted by molar-refractivity contribution is 6.31. The van der Waals surface area contributed by atoms with E-state index in [0.717, 1.165) is 11.4 Å².